The number of anilines is 1. The van der Waals surface area contributed by atoms with Gasteiger partial charge in [0.05, 0.1) is 22.9 Å². The molecule has 30 heavy (non-hydrogen) atoms. The lowest BCUT2D eigenvalue weighted by molar-refractivity contribution is 0.160. The van der Waals surface area contributed by atoms with Gasteiger partial charge in [-0.15, -0.1) is 6.42 Å². The van der Waals surface area contributed by atoms with E-state index in [1.807, 2.05) is 17.0 Å². The second kappa shape index (κ2) is 10.2. The van der Waals surface area contributed by atoms with Crippen LogP contribution in [-0.2, 0) is 9.84 Å². The smallest absolute Gasteiger partial charge is 0.318 e. The molecule has 0 bridgehead atoms. The zero-order chi connectivity index (χ0) is 21.6. The highest BCUT2D eigenvalue weighted by atomic mass is 32.2. The molecule has 1 N–H and O–H groups in total. The fraction of sp³-hybridized carbons (Fsp3) is 0.609. The molecule has 1 aromatic rings. The molecule has 0 radical (unpaired) electrons. The summed E-state index contributed by atoms with van der Waals surface area (Å²) in [6.45, 7) is 3.43. The van der Waals surface area contributed by atoms with Crippen LogP contribution in [0.5, 0.6) is 0 Å². The highest BCUT2D eigenvalue weighted by Gasteiger charge is 2.29. The maximum absolute atomic E-state index is 12.9. The number of para-hydroxylation sites is 1. The molecule has 1 aromatic carbocycles. The molecule has 1 aliphatic heterocycles. The summed E-state index contributed by atoms with van der Waals surface area (Å²) in [5.41, 5.74) is 0.764. The Morgan fingerprint density at radius 3 is 2.47 bits per heavy atom. The van der Waals surface area contributed by atoms with E-state index in [0.29, 0.717) is 24.5 Å². The number of hydrogen-bond acceptors (Lipinski definition) is 4. The number of piperidine rings is 1. The van der Waals surface area contributed by atoms with Gasteiger partial charge in [-0.05, 0) is 37.8 Å². The maximum Gasteiger partial charge on any atom is 0.318 e. The van der Waals surface area contributed by atoms with Crippen molar-refractivity contribution in [2.75, 3.05) is 30.3 Å². The van der Waals surface area contributed by atoms with Crippen LogP contribution in [0.2, 0.25) is 0 Å². The molecule has 1 saturated carbocycles. The topological polar surface area (TPSA) is 69.7 Å². The second-order valence-corrected chi connectivity index (χ2v) is 10.5. The third-order valence-electron chi connectivity index (χ3n) is 6.28. The van der Waals surface area contributed by atoms with E-state index >= 15 is 0 Å². The van der Waals surface area contributed by atoms with Gasteiger partial charge in [0.1, 0.15) is 0 Å². The molecule has 7 heteroatoms. The van der Waals surface area contributed by atoms with Gasteiger partial charge in [0.2, 0.25) is 0 Å². The Hall–Kier alpha value is -2.20. The van der Waals surface area contributed by atoms with Crippen molar-refractivity contribution >= 4 is 21.6 Å². The number of nitrogens with zero attached hydrogens (tertiary/aromatic N) is 2. The number of urea groups is 1. The number of rotatable bonds is 6. The zero-order valence-corrected chi connectivity index (χ0v) is 18.7. The molecule has 0 atom stereocenters. The molecule has 2 fully saturated rings. The Bertz CT molecular complexity index is 864. The van der Waals surface area contributed by atoms with Gasteiger partial charge >= 0.3 is 6.03 Å². The first-order valence-corrected chi connectivity index (χ1v) is 12.7. The molecule has 1 aliphatic carbocycles. The number of hydrogen-bond donors (Lipinski definition) is 1. The van der Waals surface area contributed by atoms with Crippen LogP contribution in [0.15, 0.2) is 29.2 Å². The normalized spacial score (nSPS) is 18.6. The Labute approximate surface area is 180 Å². The van der Waals surface area contributed by atoms with Crippen LogP contribution >= 0.6 is 0 Å². The van der Waals surface area contributed by atoms with Gasteiger partial charge in [0.25, 0.3) is 0 Å². The quantitative estimate of drug-likeness (QED) is 0.701. The number of terminal acetylenes is 1. The van der Waals surface area contributed by atoms with Crippen molar-refractivity contribution in [1.82, 2.24) is 10.2 Å². The third-order valence-corrected chi connectivity index (χ3v) is 8.06. The monoisotopic (exact) mass is 431 g/mol. The second-order valence-electron chi connectivity index (χ2n) is 8.21. The van der Waals surface area contributed by atoms with Gasteiger partial charge in [0.15, 0.2) is 9.84 Å². The van der Waals surface area contributed by atoms with Gasteiger partial charge in [-0.3, -0.25) is 0 Å². The van der Waals surface area contributed by atoms with Crippen molar-refractivity contribution < 1.29 is 13.2 Å². The van der Waals surface area contributed by atoms with Gasteiger partial charge in [-0.1, -0.05) is 44.2 Å². The fourth-order valence-corrected chi connectivity index (χ4v) is 5.63. The number of sulfone groups is 1. The van der Waals surface area contributed by atoms with Crippen LogP contribution in [0, 0.1) is 12.3 Å². The van der Waals surface area contributed by atoms with Crippen molar-refractivity contribution in [3.05, 3.63) is 24.3 Å². The summed E-state index contributed by atoms with van der Waals surface area (Å²) in [6.07, 6.45) is 12.7. The summed E-state index contributed by atoms with van der Waals surface area (Å²) in [4.78, 5) is 17.2. The first-order chi connectivity index (χ1) is 14.5. The molecule has 1 heterocycles. The summed E-state index contributed by atoms with van der Waals surface area (Å²) < 4.78 is 24.9. The predicted molar refractivity (Wildman–Crippen MR) is 120 cm³/mol. The van der Waals surface area contributed by atoms with Crippen LogP contribution in [0.25, 0.3) is 0 Å². The Balaban J connectivity index is 1.61. The number of benzene rings is 1. The third kappa shape index (κ3) is 5.28. The lowest BCUT2D eigenvalue weighted by atomic mass is 9.94. The minimum absolute atomic E-state index is 0.0627. The van der Waals surface area contributed by atoms with Crippen LogP contribution in [0.4, 0.5) is 10.5 Å². The SMILES string of the molecule is C#CCN(C(=O)NC1CCN(c2ccccc2S(=O)(=O)CC)CC1)C1CCCCC1. The van der Waals surface area contributed by atoms with E-state index < -0.39 is 9.84 Å². The summed E-state index contributed by atoms with van der Waals surface area (Å²) in [5, 5.41) is 3.18. The van der Waals surface area contributed by atoms with Crippen LogP contribution in [0.1, 0.15) is 51.9 Å². The summed E-state index contributed by atoms with van der Waals surface area (Å²) >= 11 is 0. The Kier molecular flexibility index (Phi) is 7.65. The molecule has 0 aromatic heterocycles. The van der Waals surface area contributed by atoms with E-state index in [1.165, 1.54) is 6.42 Å². The molecule has 164 valence electrons. The summed E-state index contributed by atoms with van der Waals surface area (Å²) in [6, 6.07) is 7.45. The highest BCUT2D eigenvalue weighted by molar-refractivity contribution is 7.91. The minimum Gasteiger partial charge on any atom is -0.370 e. The lowest BCUT2D eigenvalue weighted by Gasteiger charge is -2.37. The lowest BCUT2D eigenvalue weighted by Crippen LogP contribution is -2.52. The van der Waals surface area contributed by atoms with Gasteiger partial charge < -0.3 is 15.1 Å². The molecule has 2 aliphatic rings. The highest BCUT2D eigenvalue weighted by Crippen LogP contribution is 2.29. The molecular weight excluding hydrogens is 398 g/mol. The number of nitrogens with one attached hydrogen (secondary N) is 1. The molecule has 0 spiro atoms. The number of carbonyl (C=O) groups is 1. The van der Waals surface area contributed by atoms with Crippen molar-refractivity contribution in [1.29, 1.82) is 0 Å². The average Bonchev–Trinajstić information content (AvgIpc) is 2.78. The van der Waals surface area contributed by atoms with E-state index in [0.717, 1.165) is 44.2 Å². The Morgan fingerprint density at radius 1 is 1.17 bits per heavy atom. The van der Waals surface area contributed by atoms with E-state index in [4.69, 9.17) is 6.42 Å². The molecule has 6 nitrogen and oxygen atoms in total. The predicted octanol–water partition coefficient (Wildman–Crippen LogP) is 3.43. The molecule has 1 saturated heterocycles. The first kappa shape index (κ1) is 22.5. The maximum atomic E-state index is 12.9. The molecule has 2 amide bonds. The first-order valence-electron chi connectivity index (χ1n) is 11.0. The Morgan fingerprint density at radius 2 is 1.83 bits per heavy atom. The van der Waals surface area contributed by atoms with Gasteiger partial charge in [0, 0.05) is 25.2 Å². The molecule has 0 unspecified atom stereocenters. The molecule has 3 rings (SSSR count). The summed E-state index contributed by atoms with van der Waals surface area (Å²) in [7, 11) is -3.28. The van der Waals surface area contributed by atoms with Gasteiger partial charge in [-0.25, -0.2) is 13.2 Å². The van der Waals surface area contributed by atoms with E-state index in [-0.39, 0.29) is 23.9 Å². The fourth-order valence-electron chi connectivity index (χ4n) is 4.52. The largest absolute Gasteiger partial charge is 0.370 e. The average molecular weight is 432 g/mol. The van der Waals surface area contributed by atoms with E-state index in [1.54, 1.807) is 19.1 Å². The van der Waals surface area contributed by atoms with Crippen molar-refractivity contribution in [3.8, 4) is 12.3 Å². The van der Waals surface area contributed by atoms with Crippen molar-refractivity contribution in [3.63, 3.8) is 0 Å². The van der Waals surface area contributed by atoms with Crippen LogP contribution < -0.4 is 10.2 Å². The van der Waals surface area contributed by atoms with Crippen molar-refractivity contribution in [2.24, 2.45) is 0 Å². The number of carbonyl (C=O) groups excluding carboxylic acids is 1. The van der Waals surface area contributed by atoms with Crippen LogP contribution in [0.3, 0.4) is 0 Å². The minimum atomic E-state index is -3.28. The van der Waals surface area contributed by atoms with Gasteiger partial charge in [-0.2, -0.15) is 0 Å². The standard InChI is InChI=1S/C23H33N3O3S/c1-3-16-26(20-10-6-5-7-11-20)23(27)24-19-14-17-25(18-15-19)21-12-8-9-13-22(21)30(28,29)4-2/h1,8-9,12-13,19-20H,4-7,10-11,14-18H2,2H3,(H,24,27). The number of amides is 2. The van der Waals surface area contributed by atoms with E-state index in [9.17, 15) is 13.2 Å². The van der Waals surface area contributed by atoms with Crippen LogP contribution in [-0.4, -0.2) is 56.8 Å². The van der Waals surface area contributed by atoms with E-state index in [2.05, 4.69) is 16.1 Å². The summed E-state index contributed by atoms with van der Waals surface area (Å²) in [5.74, 6) is 2.72. The zero-order valence-electron chi connectivity index (χ0n) is 17.8. The molecular formula is C23H33N3O3S. The van der Waals surface area contributed by atoms with Crippen molar-refractivity contribution in [2.45, 2.75) is 68.8 Å².